The lowest BCUT2D eigenvalue weighted by Gasteiger charge is -2.34. The average Bonchev–Trinajstić information content (AvgIpc) is 2.42. The molecule has 106 valence electrons. The summed E-state index contributed by atoms with van der Waals surface area (Å²) in [7, 11) is 1.45. The maximum absolute atomic E-state index is 11.1. The summed E-state index contributed by atoms with van der Waals surface area (Å²) in [5, 5.41) is 0. The zero-order valence-electron chi connectivity index (χ0n) is 12.0. The number of unbranched alkanes of at least 4 members (excludes halogenated alkanes) is 3. The van der Waals surface area contributed by atoms with E-state index in [0.29, 0.717) is 6.42 Å². The first-order chi connectivity index (χ1) is 8.76. The summed E-state index contributed by atoms with van der Waals surface area (Å²) in [5.41, 5.74) is 0. The van der Waals surface area contributed by atoms with E-state index in [0.717, 1.165) is 32.7 Å². The largest absolute Gasteiger partial charge is 0.469 e. The van der Waals surface area contributed by atoms with Crippen LogP contribution < -0.4 is 0 Å². The first-order valence-electron chi connectivity index (χ1n) is 7.27. The second kappa shape index (κ2) is 9.34. The second-order valence-electron chi connectivity index (χ2n) is 5.07. The van der Waals surface area contributed by atoms with Crippen molar-refractivity contribution in [3.05, 3.63) is 0 Å². The predicted octanol–water partition coefficient (Wildman–Crippen LogP) is 1.75. The van der Waals surface area contributed by atoms with Crippen molar-refractivity contribution in [2.24, 2.45) is 0 Å². The zero-order valence-corrected chi connectivity index (χ0v) is 12.0. The zero-order chi connectivity index (χ0) is 13.2. The number of hydrogen-bond acceptors (Lipinski definition) is 4. The Bertz CT molecular complexity index is 226. The minimum atomic E-state index is -0.100. The maximum atomic E-state index is 11.1. The molecule has 1 aliphatic heterocycles. The van der Waals surface area contributed by atoms with Gasteiger partial charge in [0.25, 0.3) is 0 Å². The number of piperazine rings is 1. The van der Waals surface area contributed by atoms with Crippen LogP contribution in [0.5, 0.6) is 0 Å². The van der Waals surface area contributed by atoms with E-state index < -0.39 is 0 Å². The molecule has 4 nitrogen and oxygen atoms in total. The highest BCUT2D eigenvalue weighted by Crippen LogP contribution is 2.06. The maximum Gasteiger partial charge on any atom is 0.306 e. The predicted molar refractivity (Wildman–Crippen MR) is 73.7 cm³/mol. The van der Waals surface area contributed by atoms with Gasteiger partial charge in [-0.2, -0.15) is 0 Å². The van der Waals surface area contributed by atoms with Gasteiger partial charge < -0.3 is 14.5 Å². The van der Waals surface area contributed by atoms with Crippen LogP contribution in [0.25, 0.3) is 0 Å². The summed E-state index contributed by atoms with van der Waals surface area (Å²) < 4.78 is 4.66. The van der Waals surface area contributed by atoms with Gasteiger partial charge in [-0.05, 0) is 13.0 Å². The summed E-state index contributed by atoms with van der Waals surface area (Å²) in [6.07, 6.45) is 5.88. The van der Waals surface area contributed by atoms with Crippen molar-refractivity contribution in [1.82, 2.24) is 9.80 Å². The third-order valence-corrected chi connectivity index (χ3v) is 3.65. The van der Waals surface area contributed by atoms with Gasteiger partial charge in [-0.1, -0.05) is 26.2 Å². The van der Waals surface area contributed by atoms with Crippen LogP contribution in [0.3, 0.4) is 0 Å². The van der Waals surface area contributed by atoms with E-state index in [1.54, 1.807) is 0 Å². The Morgan fingerprint density at radius 1 is 1.00 bits per heavy atom. The lowest BCUT2D eigenvalue weighted by molar-refractivity contribution is -0.141. The highest BCUT2D eigenvalue weighted by molar-refractivity contribution is 5.69. The van der Waals surface area contributed by atoms with Gasteiger partial charge >= 0.3 is 5.97 Å². The number of hydrogen-bond donors (Lipinski definition) is 0. The van der Waals surface area contributed by atoms with Crippen LogP contribution in [0, 0.1) is 0 Å². The van der Waals surface area contributed by atoms with Crippen molar-refractivity contribution in [3.8, 4) is 0 Å². The number of rotatable bonds is 8. The van der Waals surface area contributed by atoms with Gasteiger partial charge in [0.2, 0.25) is 0 Å². The summed E-state index contributed by atoms with van der Waals surface area (Å²) >= 11 is 0. The SMILES string of the molecule is CCCCCCN1CCN(CCC(=O)OC)CC1. The minimum Gasteiger partial charge on any atom is -0.469 e. The van der Waals surface area contributed by atoms with E-state index in [4.69, 9.17) is 0 Å². The summed E-state index contributed by atoms with van der Waals surface area (Å²) in [4.78, 5) is 16.0. The Labute approximate surface area is 111 Å². The third-order valence-electron chi connectivity index (χ3n) is 3.65. The molecule has 0 unspecified atom stereocenters. The van der Waals surface area contributed by atoms with E-state index in [2.05, 4.69) is 21.5 Å². The molecule has 18 heavy (non-hydrogen) atoms. The van der Waals surface area contributed by atoms with Crippen LogP contribution in [-0.2, 0) is 9.53 Å². The van der Waals surface area contributed by atoms with Gasteiger partial charge in [0.1, 0.15) is 0 Å². The summed E-state index contributed by atoms with van der Waals surface area (Å²) in [6, 6.07) is 0. The van der Waals surface area contributed by atoms with Crippen LogP contribution >= 0.6 is 0 Å². The molecule has 0 amide bonds. The Hall–Kier alpha value is -0.610. The summed E-state index contributed by atoms with van der Waals surface area (Å²) in [6.45, 7) is 8.80. The topological polar surface area (TPSA) is 32.8 Å². The molecule has 0 spiro atoms. The standard InChI is InChI=1S/C14H28N2O2/c1-3-4-5-6-8-15-10-12-16(13-11-15)9-7-14(17)18-2/h3-13H2,1-2H3. The van der Waals surface area contributed by atoms with E-state index in [1.165, 1.54) is 39.3 Å². The van der Waals surface area contributed by atoms with Gasteiger partial charge in [0.05, 0.1) is 13.5 Å². The fraction of sp³-hybridized carbons (Fsp3) is 0.929. The molecule has 0 radical (unpaired) electrons. The van der Waals surface area contributed by atoms with Gasteiger partial charge in [0, 0.05) is 32.7 Å². The van der Waals surface area contributed by atoms with Crippen molar-refractivity contribution in [2.75, 3.05) is 46.4 Å². The molecule has 0 aromatic carbocycles. The number of ether oxygens (including phenoxy) is 1. The van der Waals surface area contributed by atoms with Crippen LogP contribution in [0.15, 0.2) is 0 Å². The number of nitrogens with zero attached hydrogens (tertiary/aromatic N) is 2. The van der Waals surface area contributed by atoms with Crippen molar-refractivity contribution in [1.29, 1.82) is 0 Å². The molecular formula is C14H28N2O2. The van der Waals surface area contributed by atoms with Gasteiger partial charge in [0.15, 0.2) is 0 Å². The van der Waals surface area contributed by atoms with Crippen molar-refractivity contribution >= 4 is 5.97 Å². The molecule has 1 rings (SSSR count). The molecule has 0 atom stereocenters. The second-order valence-corrected chi connectivity index (χ2v) is 5.07. The molecule has 0 aromatic heterocycles. The highest BCUT2D eigenvalue weighted by Gasteiger charge is 2.16. The molecule has 1 fully saturated rings. The lowest BCUT2D eigenvalue weighted by Crippen LogP contribution is -2.47. The van der Waals surface area contributed by atoms with Crippen LogP contribution in [-0.4, -0.2) is 62.1 Å². The molecule has 0 bridgehead atoms. The minimum absolute atomic E-state index is 0.100. The number of esters is 1. The number of carbonyl (C=O) groups excluding carboxylic acids is 1. The first kappa shape index (κ1) is 15.4. The third kappa shape index (κ3) is 6.36. The monoisotopic (exact) mass is 256 g/mol. The molecule has 0 saturated carbocycles. The van der Waals surface area contributed by atoms with Gasteiger partial charge in [-0.15, -0.1) is 0 Å². The molecule has 1 heterocycles. The molecule has 1 aliphatic rings. The fourth-order valence-corrected chi connectivity index (χ4v) is 2.35. The van der Waals surface area contributed by atoms with E-state index in [1.807, 2.05) is 0 Å². The quantitative estimate of drug-likeness (QED) is 0.489. The molecule has 0 N–H and O–H groups in total. The Balaban J connectivity index is 2.03. The van der Waals surface area contributed by atoms with E-state index >= 15 is 0 Å². The van der Waals surface area contributed by atoms with Crippen molar-refractivity contribution in [3.63, 3.8) is 0 Å². The Morgan fingerprint density at radius 2 is 1.61 bits per heavy atom. The molecule has 0 aromatic rings. The average molecular weight is 256 g/mol. The van der Waals surface area contributed by atoms with Crippen LogP contribution in [0.2, 0.25) is 0 Å². The Kier molecular flexibility index (Phi) is 8.01. The van der Waals surface area contributed by atoms with Gasteiger partial charge in [-0.3, -0.25) is 4.79 Å². The van der Waals surface area contributed by atoms with Crippen molar-refractivity contribution in [2.45, 2.75) is 39.0 Å². The summed E-state index contributed by atoms with van der Waals surface area (Å²) in [5.74, 6) is -0.100. The molecule has 1 saturated heterocycles. The van der Waals surface area contributed by atoms with Crippen molar-refractivity contribution < 1.29 is 9.53 Å². The lowest BCUT2D eigenvalue weighted by atomic mass is 10.2. The first-order valence-corrected chi connectivity index (χ1v) is 7.27. The highest BCUT2D eigenvalue weighted by atomic mass is 16.5. The van der Waals surface area contributed by atoms with E-state index in [-0.39, 0.29) is 5.97 Å². The smallest absolute Gasteiger partial charge is 0.306 e. The normalized spacial score (nSPS) is 17.9. The van der Waals surface area contributed by atoms with E-state index in [9.17, 15) is 4.79 Å². The molecule has 0 aliphatic carbocycles. The Morgan fingerprint density at radius 3 is 2.17 bits per heavy atom. The number of methoxy groups -OCH3 is 1. The fourth-order valence-electron chi connectivity index (χ4n) is 2.35. The number of carbonyl (C=O) groups is 1. The van der Waals surface area contributed by atoms with Gasteiger partial charge in [-0.25, -0.2) is 0 Å². The van der Waals surface area contributed by atoms with Crippen LogP contribution in [0.1, 0.15) is 39.0 Å². The molecule has 4 heteroatoms. The molecular weight excluding hydrogens is 228 g/mol. The van der Waals surface area contributed by atoms with Crippen LogP contribution in [0.4, 0.5) is 0 Å².